The van der Waals surface area contributed by atoms with Crippen molar-refractivity contribution in [3.05, 3.63) is 23.8 Å². The highest BCUT2D eigenvalue weighted by Gasteiger charge is 2.20. The van der Waals surface area contributed by atoms with E-state index in [2.05, 4.69) is 18.3 Å². The molecule has 2 unspecified atom stereocenters. The summed E-state index contributed by atoms with van der Waals surface area (Å²) in [6, 6.07) is 6.62. The molecule has 1 aromatic rings. The molecule has 1 N–H and O–H groups in total. The lowest BCUT2D eigenvalue weighted by Crippen LogP contribution is -2.33. The zero-order chi connectivity index (χ0) is 14.4. The monoisotopic (exact) mass is 277 g/mol. The van der Waals surface area contributed by atoms with Gasteiger partial charge in [-0.05, 0) is 37.0 Å². The summed E-state index contributed by atoms with van der Waals surface area (Å²) in [7, 11) is 3.42. The molecular formula is C17H27NO2. The minimum atomic E-state index is 0.643. The second kappa shape index (κ2) is 7.53. The molecule has 2 rings (SSSR count). The van der Waals surface area contributed by atoms with E-state index in [9.17, 15) is 0 Å². The van der Waals surface area contributed by atoms with E-state index in [1.807, 2.05) is 12.1 Å². The van der Waals surface area contributed by atoms with Crippen molar-refractivity contribution in [1.82, 2.24) is 5.32 Å². The summed E-state index contributed by atoms with van der Waals surface area (Å²) in [5, 5.41) is 3.69. The summed E-state index contributed by atoms with van der Waals surface area (Å²) in [6.45, 7) is 3.15. The lowest BCUT2D eigenvalue weighted by Gasteiger charge is -2.29. The molecule has 0 aliphatic heterocycles. The maximum atomic E-state index is 5.43. The molecule has 0 saturated heterocycles. The van der Waals surface area contributed by atoms with Crippen LogP contribution in [0.4, 0.5) is 0 Å². The Balaban J connectivity index is 1.95. The third kappa shape index (κ3) is 3.89. The van der Waals surface area contributed by atoms with Crippen LogP contribution in [-0.2, 0) is 6.54 Å². The molecular weight excluding hydrogens is 250 g/mol. The number of benzene rings is 1. The summed E-state index contributed by atoms with van der Waals surface area (Å²) in [5.41, 5.74) is 1.17. The standard InChI is InChI=1S/C17H27NO2/c1-4-13-6-5-7-15(10-13)18-12-14-11-16(19-2)8-9-17(14)20-3/h8-9,11,13,15,18H,4-7,10,12H2,1-3H3. The Labute approximate surface area is 122 Å². The highest BCUT2D eigenvalue weighted by atomic mass is 16.5. The number of methoxy groups -OCH3 is 2. The zero-order valence-electron chi connectivity index (χ0n) is 12.9. The van der Waals surface area contributed by atoms with Crippen LogP contribution in [0.25, 0.3) is 0 Å². The van der Waals surface area contributed by atoms with Crippen molar-refractivity contribution in [2.24, 2.45) is 5.92 Å². The molecule has 1 aliphatic carbocycles. The fourth-order valence-electron chi connectivity index (χ4n) is 3.12. The summed E-state index contributed by atoms with van der Waals surface area (Å²) in [4.78, 5) is 0. The minimum Gasteiger partial charge on any atom is -0.497 e. The summed E-state index contributed by atoms with van der Waals surface area (Å²) >= 11 is 0. The molecule has 0 radical (unpaired) electrons. The normalized spacial score (nSPS) is 22.6. The van der Waals surface area contributed by atoms with Crippen LogP contribution in [0.15, 0.2) is 18.2 Å². The molecule has 1 fully saturated rings. The lowest BCUT2D eigenvalue weighted by molar-refractivity contribution is 0.277. The van der Waals surface area contributed by atoms with E-state index in [1.54, 1.807) is 14.2 Å². The van der Waals surface area contributed by atoms with Gasteiger partial charge in [-0.15, -0.1) is 0 Å². The Hall–Kier alpha value is -1.22. The van der Waals surface area contributed by atoms with Crippen LogP contribution in [-0.4, -0.2) is 20.3 Å². The van der Waals surface area contributed by atoms with Crippen molar-refractivity contribution in [2.75, 3.05) is 14.2 Å². The topological polar surface area (TPSA) is 30.5 Å². The minimum absolute atomic E-state index is 0.643. The number of nitrogens with one attached hydrogen (secondary N) is 1. The zero-order valence-corrected chi connectivity index (χ0v) is 12.9. The maximum absolute atomic E-state index is 5.43. The number of rotatable bonds is 6. The van der Waals surface area contributed by atoms with E-state index in [4.69, 9.17) is 9.47 Å². The first-order valence-corrected chi connectivity index (χ1v) is 7.71. The van der Waals surface area contributed by atoms with Crippen LogP contribution < -0.4 is 14.8 Å². The van der Waals surface area contributed by atoms with Crippen LogP contribution >= 0.6 is 0 Å². The molecule has 0 amide bonds. The van der Waals surface area contributed by atoms with Crippen molar-refractivity contribution < 1.29 is 9.47 Å². The molecule has 0 aromatic heterocycles. The molecule has 1 aromatic carbocycles. The second-order valence-electron chi connectivity index (χ2n) is 5.70. The smallest absolute Gasteiger partial charge is 0.123 e. The highest BCUT2D eigenvalue weighted by Crippen LogP contribution is 2.28. The lowest BCUT2D eigenvalue weighted by atomic mass is 9.84. The van der Waals surface area contributed by atoms with E-state index in [0.29, 0.717) is 6.04 Å². The van der Waals surface area contributed by atoms with Gasteiger partial charge in [-0.25, -0.2) is 0 Å². The third-order valence-electron chi connectivity index (χ3n) is 4.43. The Morgan fingerprint density at radius 3 is 2.75 bits per heavy atom. The molecule has 0 heterocycles. The molecule has 20 heavy (non-hydrogen) atoms. The molecule has 3 heteroatoms. The quantitative estimate of drug-likeness (QED) is 0.858. The van der Waals surface area contributed by atoms with Gasteiger partial charge in [-0.2, -0.15) is 0 Å². The highest BCUT2D eigenvalue weighted by molar-refractivity contribution is 5.40. The van der Waals surface area contributed by atoms with E-state index >= 15 is 0 Å². The number of hydrogen-bond acceptors (Lipinski definition) is 3. The van der Waals surface area contributed by atoms with Gasteiger partial charge in [0.1, 0.15) is 11.5 Å². The van der Waals surface area contributed by atoms with E-state index < -0.39 is 0 Å². The first-order valence-electron chi connectivity index (χ1n) is 7.71. The van der Waals surface area contributed by atoms with Crippen LogP contribution in [0.2, 0.25) is 0 Å². The molecule has 112 valence electrons. The van der Waals surface area contributed by atoms with Gasteiger partial charge in [0.2, 0.25) is 0 Å². The average Bonchev–Trinajstić information content (AvgIpc) is 2.52. The van der Waals surface area contributed by atoms with Crippen molar-refractivity contribution in [3.63, 3.8) is 0 Å². The third-order valence-corrected chi connectivity index (χ3v) is 4.43. The van der Waals surface area contributed by atoms with Gasteiger partial charge in [0, 0.05) is 18.2 Å². The predicted octanol–water partition coefficient (Wildman–Crippen LogP) is 3.76. The Bertz CT molecular complexity index is 419. The second-order valence-corrected chi connectivity index (χ2v) is 5.70. The number of hydrogen-bond donors (Lipinski definition) is 1. The van der Waals surface area contributed by atoms with Gasteiger partial charge in [0.15, 0.2) is 0 Å². The van der Waals surface area contributed by atoms with Crippen molar-refractivity contribution in [1.29, 1.82) is 0 Å². The van der Waals surface area contributed by atoms with Gasteiger partial charge in [-0.1, -0.05) is 26.2 Å². The van der Waals surface area contributed by atoms with Crippen molar-refractivity contribution in [3.8, 4) is 11.5 Å². The largest absolute Gasteiger partial charge is 0.497 e. The molecule has 1 aliphatic rings. The van der Waals surface area contributed by atoms with Crippen molar-refractivity contribution >= 4 is 0 Å². The Kier molecular flexibility index (Phi) is 5.72. The van der Waals surface area contributed by atoms with E-state index in [-0.39, 0.29) is 0 Å². The summed E-state index contributed by atoms with van der Waals surface area (Å²) in [6.07, 6.45) is 6.66. The van der Waals surface area contributed by atoms with Crippen molar-refractivity contribution in [2.45, 2.75) is 51.6 Å². The van der Waals surface area contributed by atoms with E-state index in [1.165, 1.54) is 37.7 Å². The maximum Gasteiger partial charge on any atom is 0.123 e. The van der Waals surface area contributed by atoms with Gasteiger partial charge in [0.05, 0.1) is 14.2 Å². The average molecular weight is 277 g/mol. The molecule has 0 spiro atoms. The summed E-state index contributed by atoms with van der Waals surface area (Å²) in [5.74, 6) is 2.72. The van der Waals surface area contributed by atoms with Gasteiger partial charge < -0.3 is 14.8 Å². The molecule has 3 nitrogen and oxygen atoms in total. The molecule has 0 bridgehead atoms. The van der Waals surface area contributed by atoms with E-state index in [0.717, 1.165) is 24.0 Å². The van der Waals surface area contributed by atoms with Gasteiger partial charge >= 0.3 is 0 Å². The summed E-state index contributed by atoms with van der Waals surface area (Å²) < 4.78 is 10.7. The van der Waals surface area contributed by atoms with Gasteiger partial charge in [-0.3, -0.25) is 0 Å². The SMILES string of the molecule is CCC1CCCC(NCc2cc(OC)ccc2OC)C1. The fourth-order valence-corrected chi connectivity index (χ4v) is 3.12. The van der Waals surface area contributed by atoms with Crippen LogP contribution in [0.1, 0.15) is 44.6 Å². The predicted molar refractivity (Wildman–Crippen MR) is 82.4 cm³/mol. The Morgan fingerprint density at radius 2 is 2.05 bits per heavy atom. The fraction of sp³-hybridized carbons (Fsp3) is 0.647. The first-order chi connectivity index (χ1) is 9.76. The molecule has 1 saturated carbocycles. The Morgan fingerprint density at radius 1 is 1.20 bits per heavy atom. The number of ether oxygens (including phenoxy) is 2. The first kappa shape index (κ1) is 15.2. The van der Waals surface area contributed by atoms with Gasteiger partial charge in [0.25, 0.3) is 0 Å². The van der Waals surface area contributed by atoms with Crippen LogP contribution in [0.3, 0.4) is 0 Å². The molecule has 2 atom stereocenters. The van der Waals surface area contributed by atoms with Crippen LogP contribution in [0, 0.1) is 5.92 Å². The van der Waals surface area contributed by atoms with Crippen LogP contribution in [0.5, 0.6) is 11.5 Å².